The number of fused-ring (bicyclic) bond motifs is 6. The first-order chi connectivity index (χ1) is 31.3. The topological polar surface area (TPSA) is 9.86 Å². The first-order valence-corrected chi connectivity index (χ1v) is 23.8. The Morgan fingerprint density at radius 3 is 1.41 bits per heavy atom. The second kappa shape index (κ2) is 15.2. The van der Waals surface area contributed by atoms with Crippen molar-refractivity contribution in [2.24, 2.45) is 0 Å². The fourth-order valence-corrected chi connectivity index (χ4v) is 15.4. The van der Waals surface area contributed by atoms with E-state index in [-0.39, 0.29) is 0 Å². The molecule has 0 N–H and O–H groups in total. The zero-order valence-electron chi connectivity index (χ0n) is 34.6. The first-order valence-electron chi connectivity index (χ1n) is 21.8. The Kier molecular flexibility index (Phi) is 8.87. The number of benzene rings is 10. The van der Waals surface area contributed by atoms with E-state index in [2.05, 4.69) is 264 Å². The molecule has 10 aromatic carbocycles. The highest BCUT2D eigenvalue weighted by molar-refractivity contribution is 7.20. The van der Waals surface area contributed by atoms with E-state index in [1.165, 1.54) is 86.6 Å². The third kappa shape index (κ3) is 5.78. The molecule has 3 heteroatoms. The minimum absolute atomic E-state index is 1.15. The number of hydrogen-bond donors (Lipinski definition) is 0. The van der Waals surface area contributed by atoms with Crippen molar-refractivity contribution in [3.63, 3.8) is 0 Å². The van der Waals surface area contributed by atoms with Crippen LogP contribution in [0.15, 0.2) is 255 Å². The van der Waals surface area contributed by atoms with Gasteiger partial charge in [0.15, 0.2) is 8.07 Å². The summed E-state index contributed by atoms with van der Waals surface area (Å²) < 4.78 is 5.05. The highest BCUT2D eigenvalue weighted by Crippen LogP contribution is 2.41. The van der Waals surface area contributed by atoms with Gasteiger partial charge >= 0.3 is 0 Å². The number of nitrogens with zero attached hydrogens (tertiary/aromatic N) is 2. The summed E-state index contributed by atoms with van der Waals surface area (Å²) in [4.78, 5) is 0. The SMILES string of the molecule is c1ccc(-c2ccc([Si](c3ccccc3)(c3ccccc3)c3cccc4c3c3ccccc3n4-c3cccc4c5ccccc5n(-c5ccccc5-c5ccccc5)c34)cc2)cc1. The third-order valence-corrected chi connectivity index (χ3v) is 17.9. The highest BCUT2D eigenvalue weighted by atomic mass is 28.3. The van der Waals surface area contributed by atoms with Gasteiger partial charge in [-0.1, -0.05) is 224 Å². The van der Waals surface area contributed by atoms with Crippen LogP contribution in [-0.2, 0) is 0 Å². The van der Waals surface area contributed by atoms with Gasteiger partial charge in [-0.25, -0.2) is 0 Å². The summed E-state index contributed by atoms with van der Waals surface area (Å²) in [7, 11) is -3.00. The van der Waals surface area contributed by atoms with Crippen LogP contribution in [0.2, 0.25) is 0 Å². The lowest BCUT2D eigenvalue weighted by Crippen LogP contribution is -2.74. The second-order valence-electron chi connectivity index (χ2n) is 16.4. The molecule has 0 atom stereocenters. The number of rotatable bonds is 8. The molecule has 2 aromatic heterocycles. The van der Waals surface area contributed by atoms with Crippen LogP contribution in [0.3, 0.4) is 0 Å². The van der Waals surface area contributed by atoms with Crippen molar-refractivity contribution in [3.8, 4) is 33.6 Å². The molecule has 63 heavy (non-hydrogen) atoms. The maximum absolute atomic E-state index is 3.00. The van der Waals surface area contributed by atoms with Gasteiger partial charge in [-0.3, -0.25) is 0 Å². The van der Waals surface area contributed by atoms with Crippen LogP contribution in [0.4, 0.5) is 0 Å². The Hall–Kier alpha value is -7.98. The molecule has 0 saturated heterocycles. The number of aromatic nitrogens is 2. The molecule has 2 nitrogen and oxygen atoms in total. The average Bonchev–Trinajstić information content (AvgIpc) is 3.89. The van der Waals surface area contributed by atoms with Crippen molar-refractivity contribution < 1.29 is 0 Å². The molecule has 0 amide bonds. The molecular weight excluding hydrogens is 777 g/mol. The summed E-state index contributed by atoms with van der Waals surface area (Å²) in [5.74, 6) is 0. The smallest absolute Gasteiger partial charge is 0.180 e. The minimum atomic E-state index is -3.00. The van der Waals surface area contributed by atoms with Gasteiger partial charge in [-0.05, 0) is 67.8 Å². The van der Waals surface area contributed by atoms with Crippen molar-refractivity contribution in [3.05, 3.63) is 255 Å². The van der Waals surface area contributed by atoms with E-state index in [0.717, 1.165) is 11.4 Å². The van der Waals surface area contributed by atoms with Crippen LogP contribution in [0.5, 0.6) is 0 Å². The van der Waals surface area contributed by atoms with E-state index in [9.17, 15) is 0 Å². The quantitative estimate of drug-likeness (QED) is 0.107. The van der Waals surface area contributed by atoms with Crippen molar-refractivity contribution >= 4 is 72.4 Å². The molecule has 0 saturated carbocycles. The molecule has 2 heterocycles. The summed E-state index contributed by atoms with van der Waals surface area (Å²) >= 11 is 0. The van der Waals surface area contributed by atoms with Gasteiger partial charge < -0.3 is 9.13 Å². The van der Waals surface area contributed by atoms with Crippen LogP contribution in [0, 0.1) is 0 Å². The summed E-state index contributed by atoms with van der Waals surface area (Å²) in [6, 6.07) is 94.3. The van der Waals surface area contributed by atoms with Gasteiger partial charge in [0.1, 0.15) is 0 Å². The molecule has 0 spiro atoms. The predicted molar refractivity (Wildman–Crippen MR) is 270 cm³/mol. The van der Waals surface area contributed by atoms with Crippen molar-refractivity contribution in [1.82, 2.24) is 9.13 Å². The lowest BCUT2D eigenvalue weighted by molar-refractivity contribution is 1.13. The maximum atomic E-state index is 2.55. The van der Waals surface area contributed by atoms with Crippen LogP contribution < -0.4 is 20.7 Å². The molecular formula is C60H42N2Si. The van der Waals surface area contributed by atoms with E-state index >= 15 is 0 Å². The van der Waals surface area contributed by atoms with Crippen LogP contribution in [0.25, 0.3) is 77.2 Å². The van der Waals surface area contributed by atoms with Gasteiger partial charge in [0.05, 0.1) is 33.4 Å². The maximum Gasteiger partial charge on any atom is 0.180 e. The van der Waals surface area contributed by atoms with Gasteiger partial charge in [0, 0.05) is 27.1 Å². The molecule has 0 aliphatic carbocycles. The van der Waals surface area contributed by atoms with E-state index in [0.29, 0.717) is 0 Å². The second-order valence-corrected chi connectivity index (χ2v) is 20.2. The van der Waals surface area contributed by atoms with Gasteiger partial charge in [-0.2, -0.15) is 0 Å². The Balaban J connectivity index is 1.20. The fraction of sp³-hybridized carbons (Fsp3) is 0. The van der Waals surface area contributed by atoms with Gasteiger partial charge in [-0.15, -0.1) is 0 Å². The van der Waals surface area contributed by atoms with Crippen molar-refractivity contribution in [2.45, 2.75) is 0 Å². The van der Waals surface area contributed by atoms with E-state index < -0.39 is 8.07 Å². The first kappa shape index (κ1) is 36.8. The Labute approximate surface area is 368 Å². The molecule has 0 radical (unpaired) electrons. The lowest BCUT2D eigenvalue weighted by atomic mass is 10.0. The van der Waals surface area contributed by atoms with Gasteiger partial charge in [0.2, 0.25) is 0 Å². The Bertz CT molecular complexity index is 3550. The molecule has 0 fully saturated rings. The zero-order valence-corrected chi connectivity index (χ0v) is 35.6. The largest absolute Gasteiger partial charge is 0.307 e. The van der Waals surface area contributed by atoms with Crippen LogP contribution in [-0.4, -0.2) is 17.2 Å². The third-order valence-electron chi connectivity index (χ3n) is 13.1. The van der Waals surface area contributed by atoms with E-state index in [1.807, 2.05) is 0 Å². The Morgan fingerprint density at radius 1 is 0.270 bits per heavy atom. The molecule has 0 unspecified atom stereocenters. The Morgan fingerprint density at radius 2 is 0.730 bits per heavy atom. The molecule has 0 bridgehead atoms. The number of hydrogen-bond acceptors (Lipinski definition) is 0. The van der Waals surface area contributed by atoms with Crippen molar-refractivity contribution in [2.75, 3.05) is 0 Å². The minimum Gasteiger partial charge on any atom is -0.307 e. The molecule has 12 rings (SSSR count). The molecule has 296 valence electrons. The van der Waals surface area contributed by atoms with E-state index in [4.69, 9.17) is 0 Å². The van der Waals surface area contributed by atoms with E-state index in [1.54, 1.807) is 0 Å². The lowest BCUT2D eigenvalue weighted by Gasteiger charge is -2.35. The normalized spacial score (nSPS) is 11.8. The summed E-state index contributed by atoms with van der Waals surface area (Å²) in [6.45, 7) is 0. The molecule has 0 aliphatic rings. The molecule has 12 aromatic rings. The van der Waals surface area contributed by atoms with Crippen molar-refractivity contribution in [1.29, 1.82) is 0 Å². The molecule has 0 aliphatic heterocycles. The van der Waals surface area contributed by atoms with Gasteiger partial charge in [0.25, 0.3) is 0 Å². The average molecular weight is 819 g/mol. The highest BCUT2D eigenvalue weighted by Gasteiger charge is 2.43. The zero-order chi connectivity index (χ0) is 41.7. The summed E-state index contributed by atoms with van der Waals surface area (Å²) in [5.41, 5.74) is 11.9. The summed E-state index contributed by atoms with van der Waals surface area (Å²) in [5, 5.41) is 10.4. The standard InChI is InChI=1S/C60H42N2Si/c1-5-21-43(22-6-1)44-39-41-48(42-40-44)63(46-25-9-3-10-26-46,47-27-11-4-12-28-47)58-38-20-36-56-59(58)52-31-15-18-35-55(52)61(56)57-37-19-32-51-50-30-14-17-34-54(50)62(60(51)57)53-33-16-13-29-49(53)45-23-7-2-8-24-45/h1-42H. The monoisotopic (exact) mass is 818 g/mol. The van der Waals surface area contributed by atoms with Crippen LogP contribution >= 0.6 is 0 Å². The summed E-state index contributed by atoms with van der Waals surface area (Å²) in [6.07, 6.45) is 0. The predicted octanol–water partition coefficient (Wildman–Crippen LogP) is 12.6. The number of para-hydroxylation sites is 4. The fourth-order valence-electron chi connectivity index (χ4n) is 10.4. The van der Waals surface area contributed by atoms with Crippen LogP contribution in [0.1, 0.15) is 0 Å².